The van der Waals surface area contributed by atoms with Crippen molar-refractivity contribution in [2.24, 2.45) is 0 Å². The Morgan fingerprint density at radius 3 is 2.43 bits per heavy atom. The number of aryl methyl sites for hydroxylation is 3. The Morgan fingerprint density at radius 1 is 1.00 bits per heavy atom. The van der Waals surface area contributed by atoms with Gasteiger partial charge in [0, 0.05) is 44.8 Å². The molecule has 30 heavy (non-hydrogen) atoms. The third-order valence-electron chi connectivity index (χ3n) is 6.01. The summed E-state index contributed by atoms with van der Waals surface area (Å²) in [7, 11) is 2.20. The third kappa shape index (κ3) is 4.63. The van der Waals surface area contributed by atoms with Crippen LogP contribution in [0.15, 0.2) is 36.4 Å². The summed E-state index contributed by atoms with van der Waals surface area (Å²) < 4.78 is 2.27. The number of aromatic nitrogens is 3. The average molecular weight is 404 g/mol. The number of hydrogen-bond donors (Lipinski definition) is 0. The Labute approximate surface area is 180 Å². The quantitative estimate of drug-likeness (QED) is 0.625. The number of imidazole rings is 1. The van der Waals surface area contributed by atoms with Crippen LogP contribution in [0.2, 0.25) is 0 Å². The van der Waals surface area contributed by atoms with Crippen molar-refractivity contribution in [2.75, 3.05) is 39.8 Å². The smallest absolute Gasteiger partial charge is 0.160 e. The van der Waals surface area contributed by atoms with E-state index in [1.807, 2.05) is 0 Å². The van der Waals surface area contributed by atoms with E-state index in [0.29, 0.717) is 0 Å². The number of fused-ring (bicyclic) bond motifs is 1. The number of nitrogens with zero attached hydrogens (tertiary/aromatic N) is 5. The summed E-state index contributed by atoms with van der Waals surface area (Å²) in [4.78, 5) is 14.6. The van der Waals surface area contributed by atoms with Gasteiger partial charge in [-0.1, -0.05) is 43.3 Å². The standard InChI is InChI=1S/C25H33N5/c1-5-23-27-24-19(2)17-20(3)26-25(24)30(23)18-22-10-8-21(9-11-22)7-6-12-29-15-13-28(4)14-16-29/h6-11,17H,5,12-16,18H2,1-4H3. The highest BCUT2D eigenvalue weighted by molar-refractivity contribution is 5.76. The van der Waals surface area contributed by atoms with Crippen LogP contribution in [0, 0.1) is 13.8 Å². The fourth-order valence-corrected chi connectivity index (χ4v) is 4.17. The molecule has 1 fully saturated rings. The van der Waals surface area contributed by atoms with Crippen LogP contribution in [0.3, 0.4) is 0 Å². The van der Waals surface area contributed by atoms with Gasteiger partial charge >= 0.3 is 0 Å². The van der Waals surface area contributed by atoms with E-state index in [0.717, 1.165) is 55.3 Å². The second-order valence-corrected chi connectivity index (χ2v) is 8.47. The van der Waals surface area contributed by atoms with Crippen LogP contribution < -0.4 is 0 Å². The van der Waals surface area contributed by atoms with Gasteiger partial charge in [-0.15, -0.1) is 0 Å². The van der Waals surface area contributed by atoms with Crippen LogP contribution >= 0.6 is 0 Å². The lowest BCUT2D eigenvalue weighted by atomic mass is 10.1. The summed E-state index contributed by atoms with van der Waals surface area (Å²) in [6.45, 7) is 12.8. The van der Waals surface area contributed by atoms with E-state index < -0.39 is 0 Å². The molecule has 1 saturated heterocycles. The van der Waals surface area contributed by atoms with E-state index in [2.05, 4.69) is 84.7 Å². The molecule has 0 radical (unpaired) electrons. The van der Waals surface area contributed by atoms with Gasteiger partial charge in [-0.3, -0.25) is 4.90 Å². The van der Waals surface area contributed by atoms with Gasteiger partial charge in [-0.25, -0.2) is 9.97 Å². The van der Waals surface area contributed by atoms with E-state index >= 15 is 0 Å². The molecule has 5 heteroatoms. The van der Waals surface area contributed by atoms with Gasteiger partial charge in [-0.2, -0.15) is 0 Å². The molecule has 0 aliphatic carbocycles. The number of pyridine rings is 1. The predicted octanol–water partition coefficient (Wildman–Crippen LogP) is 3.92. The molecule has 0 bridgehead atoms. The first-order valence-electron chi connectivity index (χ1n) is 11.0. The Bertz CT molecular complexity index is 1020. The zero-order valence-electron chi connectivity index (χ0n) is 18.7. The van der Waals surface area contributed by atoms with Crippen molar-refractivity contribution >= 4 is 17.2 Å². The zero-order valence-corrected chi connectivity index (χ0v) is 18.7. The summed E-state index contributed by atoms with van der Waals surface area (Å²) in [6, 6.07) is 11.0. The van der Waals surface area contributed by atoms with Gasteiger partial charge in [0.2, 0.25) is 0 Å². The lowest BCUT2D eigenvalue weighted by Crippen LogP contribution is -2.44. The Morgan fingerprint density at radius 2 is 1.73 bits per heavy atom. The maximum absolute atomic E-state index is 4.86. The number of rotatable bonds is 6. The first-order chi connectivity index (χ1) is 14.5. The SMILES string of the molecule is CCc1nc2c(C)cc(C)nc2n1Cc1ccc(C=CCN2CCN(C)CC2)cc1. The first kappa shape index (κ1) is 20.8. The van der Waals surface area contributed by atoms with E-state index in [1.54, 1.807) is 0 Å². The lowest BCUT2D eigenvalue weighted by Gasteiger charge is -2.31. The first-order valence-corrected chi connectivity index (χ1v) is 11.0. The minimum atomic E-state index is 0.806. The van der Waals surface area contributed by atoms with Crippen LogP contribution in [0.25, 0.3) is 17.2 Å². The van der Waals surface area contributed by atoms with Crippen LogP contribution in [0.1, 0.15) is 35.1 Å². The molecule has 3 aromatic rings. The van der Waals surface area contributed by atoms with E-state index in [9.17, 15) is 0 Å². The van der Waals surface area contributed by atoms with Gasteiger partial charge in [0.25, 0.3) is 0 Å². The van der Waals surface area contributed by atoms with Crippen molar-refractivity contribution in [1.82, 2.24) is 24.3 Å². The van der Waals surface area contributed by atoms with Crippen LogP contribution in [0.5, 0.6) is 0 Å². The van der Waals surface area contributed by atoms with Crippen molar-refractivity contribution in [2.45, 2.75) is 33.7 Å². The van der Waals surface area contributed by atoms with Crippen molar-refractivity contribution in [3.8, 4) is 0 Å². The van der Waals surface area contributed by atoms with Crippen molar-refractivity contribution in [3.05, 3.63) is 64.6 Å². The second-order valence-electron chi connectivity index (χ2n) is 8.47. The summed E-state index contributed by atoms with van der Waals surface area (Å²) in [5, 5.41) is 0. The monoisotopic (exact) mass is 403 g/mol. The second kappa shape index (κ2) is 9.11. The van der Waals surface area contributed by atoms with Crippen LogP contribution in [-0.4, -0.2) is 64.1 Å². The molecule has 5 nitrogen and oxygen atoms in total. The van der Waals surface area contributed by atoms with Gasteiger partial charge in [0.15, 0.2) is 5.65 Å². The van der Waals surface area contributed by atoms with Crippen molar-refractivity contribution in [1.29, 1.82) is 0 Å². The largest absolute Gasteiger partial charge is 0.308 e. The zero-order chi connectivity index (χ0) is 21.1. The lowest BCUT2D eigenvalue weighted by molar-refractivity contribution is 0.167. The molecule has 0 amide bonds. The highest BCUT2D eigenvalue weighted by Gasteiger charge is 2.14. The van der Waals surface area contributed by atoms with Crippen LogP contribution in [0.4, 0.5) is 0 Å². The topological polar surface area (TPSA) is 37.2 Å². The average Bonchev–Trinajstić information content (AvgIpc) is 3.08. The third-order valence-corrected chi connectivity index (χ3v) is 6.01. The normalized spacial score (nSPS) is 16.1. The molecule has 3 heterocycles. The van der Waals surface area contributed by atoms with Gasteiger partial charge in [0.05, 0.1) is 6.54 Å². The van der Waals surface area contributed by atoms with Crippen molar-refractivity contribution < 1.29 is 0 Å². The Kier molecular flexibility index (Phi) is 6.30. The highest BCUT2D eigenvalue weighted by atomic mass is 15.2. The van der Waals surface area contributed by atoms with Gasteiger partial charge < -0.3 is 9.47 Å². The molecule has 0 saturated carbocycles. The molecular weight excluding hydrogens is 370 g/mol. The molecular formula is C25H33N5. The molecule has 1 aromatic carbocycles. The molecule has 1 aliphatic rings. The molecule has 0 spiro atoms. The maximum atomic E-state index is 4.86. The van der Waals surface area contributed by atoms with Crippen molar-refractivity contribution in [3.63, 3.8) is 0 Å². The molecule has 0 N–H and O–H groups in total. The van der Waals surface area contributed by atoms with Gasteiger partial charge in [0.1, 0.15) is 11.3 Å². The summed E-state index contributed by atoms with van der Waals surface area (Å²) >= 11 is 0. The number of benzene rings is 1. The number of piperazine rings is 1. The summed E-state index contributed by atoms with van der Waals surface area (Å²) in [5.74, 6) is 1.10. The molecule has 2 aromatic heterocycles. The Balaban J connectivity index is 1.45. The summed E-state index contributed by atoms with van der Waals surface area (Å²) in [6.07, 6.45) is 5.43. The summed E-state index contributed by atoms with van der Waals surface area (Å²) in [5.41, 5.74) is 6.81. The fraction of sp³-hybridized carbons (Fsp3) is 0.440. The van der Waals surface area contributed by atoms with E-state index in [-0.39, 0.29) is 0 Å². The molecule has 4 rings (SSSR count). The highest BCUT2D eigenvalue weighted by Crippen LogP contribution is 2.21. The minimum absolute atomic E-state index is 0.806. The molecule has 1 aliphatic heterocycles. The molecule has 0 atom stereocenters. The Hall–Kier alpha value is -2.50. The fourth-order valence-electron chi connectivity index (χ4n) is 4.17. The van der Waals surface area contributed by atoms with Crippen LogP contribution in [-0.2, 0) is 13.0 Å². The maximum Gasteiger partial charge on any atom is 0.160 e. The molecule has 158 valence electrons. The van der Waals surface area contributed by atoms with E-state index in [4.69, 9.17) is 9.97 Å². The number of hydrogen-bond acceptors (Lipinski definition) is 4. The van der Waals surface area contributed by atoms with Gasteiger partial charge in [-0.05, 0) is 43.7 Å². The molecule has 0 unspecified atom stereocenters. The van der Waals surface area contributed by atoms with E-state index in [1.165, 1.54) is 29.8 Å². The predicted molar refractivity (Wildman–Crippen MR) is 125 cm³/mol. The minimum Gasteiger partial charge on any atom is -0.308 e. The number of likely N-dealkylation sites (N-methyl/N-ethyl adjacent to an activating group) is 1.